The van der Waals surface area contributed by atoms with Crippen LogP contribution in [-0.2, 0) is 9.47 Å². The zero-order chi connectivity index (χ0) is 14.4. The summed E-state index contributed by atoms with van der Waals surface area (Å²) in [5, 5.41) is 17.7. The highest BCUT2D eigenvalue weighted by Gasteiger charge is 2.25. The van der Waals surface area contributed by atoms with Crippen LogP contribution < -0.4 is 0 Å². The number of rotatable bonds is 8. The van der Waals surface area contributed by atoms with E-state index in [-0.39, 0.29) is 19.1 Å². The summed E-state index contributed by atoms with van der Waals surface area (Å²) in [6, 6.07) is 0. The van der Waals surface area contributed by atoms with Crippen molar-refractivity contribution < 1.29 is 19.7 Å². The lowest BCUT2D eigenvalue weighted by Crippen LogP contribution is -2.11. The highest BCUT2D eigenvalue weighted by Crippen LogP contribution is 2.37. The maximum Gasteiger partial charge on any atom is 0.119 e. The van der Waals surface area contributed by atoms with Gasteiger partial charge >= 0.3 is 0 Å². The monoisotopic (exact) mass is 278 g/mol. The molecule has 0 radical (unpaired) electrons. The SMILES string of the molecule is CC(C1=CCC=C1OCCO)C1=CCC=C1OCCO. The topological polar surface area (TPSA) is 58.9 Å². The highest BCUT2D eigenvalue weighted by molar-refractivity contribution is 5.45. The van der Waals surface area contributed by atoms with Crippen LogP contribution in [0.1, 0.15) is 19.8 Å². The first-order valence-corrected chi connectivity index (χ1v) is 7.06. The maximum atomic E-state index is 8.87. The smallest absolute Gasteiger partial charge is 0.119 e. The van der Waals surface area contributed by atoms with Crippen LogP contribution in [0.15, 0.2) is 47.0 Å². The Kier molecular flexibility index (Phi) is 5.44. The second kappa shape index (κ2) is 7.31. The Hall–Kier alpha value is -1.52. The van der Waals surface area contributed by atoms with E-state index >= 15 is 0 Å². The van der Waals surface area contributed by atoms with Gasteiger partial charge in [0.1, 0.15) is 24.7 Å². The molecule has 0 spiro atoms. The molecule has 0 heterocycles. The molecular formula is C16H22O4. The van der Waals surface area contributed by atoms with Crippen LogP contribution in [0.3, 0.4) is 0 Å². The van der Waals surface area contributed by atoms with E-state index in [4.69, 9.17) is 19.7 Å². The third-order valence-electron chi connectivity index (χ3n) is 3.48. The average molecular weight is 278 g/mol. The molecule has 0 amide bonds. The molecule has 0 fully saturated rings. The van der Waals surface area contributed by atoms with Crippen LogP contribution >= 0.6 is 0 Å². The molecule has 0 saturated heterocycles. The summed E-state index contributed by atoms with van der Waals surface area (Å²) in [6.45, 7) is 2.80. The summed E-state index contributed by atoms with van der Waals surface area (Å²) in [7, 11) is 0. The van der Waals surface area contributed by atoms with E-state index in [1.54, 1.807) is 0 Å². The van der Waals surface area contributed by atoms with Crippen molar-refractivity contribution in [2.24, 2.45) is 5.92 Å². The molecule has 2 rings (SSSR count). The average Bonchev–Trinajstić information content (AvgIpc) is 3.10. The lowest BCUT2D eigenvalue weighted by molar-refractivity contribution is 0.144. The number of hydrogen-bond donors (Lipinski definition) is 2. The van der Waals surface area contributed by atoms with Gasteiger partial charge in [-0.15, -0.1) is 0 Å². The van der Waals surface area contributed by atoms with Crippen molar-refractivity contribution in [2.75, 3.05) is 26.4 Å². The van der Waals surface area contributed by atoms with Gasteiger partial charge in [-0.25, -0.2) is 0 Å². The highest BCUT2D eigenvalue weighted by atomic mass is 16.5. The van der Waals surface area contributed by atoms with Gasteiger partial charge in [0.2, 0.25) is 0 Å². The second-order valence-corrected chi connectivity index (χ2v) is 4.79. The van der Waals surface area contributed by atoms with Crippen molar-refractivity contribution in [3.05, 3.63) is 47.0 Å². The Labute approximate surface area is 119 Å². The summed E-state index contributed by atoms with van der Waals surface area (Å²) in [6.07, 6.45) is 10.1. The third kappa shape index (κ3) is 3.32. The van der Waals surface area contributed by atoms with Gasteiger partial charge in [0, 0.05) is 5.92 Å². The summed E-state index contributed by atoms with van der Waals surface area (Å²) < 4.78 is 11.2. The normalized spacial score (nSPS) is 17.8. The molecule has 0 atom stereocenters. The number of hydrogen-bond acceptors (Lipinski definition) is 4. The number of aliphatic hydroxyl groups excluding tert-OH is 2. The van der Waals surface area contributed by atoms with Crippen LogP contribution in [0.4, 0.5) is 0 Å². The Morgan fingerprint density at radius 1 is 0.900 bits per heavy atom. The molecule has 0 saturated carbocycles. The Morgan fingerprint density at radius 3 is 1.75 bits per heavy atom. The quantitative estimate of drug-likeness (QED) is 0.713. The lowest BCUT2D eigenvalue weighted by atomic mass is 9.92. The fourth-order valence-corrected chi connectivity index (χ4v) is 2.57. The molecule has 0 aromatic carbocycles. The largest absolute Gasteiger partial charge is 0.491 e. The molecule has 0 bridgehead atoms. The molecule has 4 heteroatoms. The summed E-state index contributed by atoms with van der Waals surface area (Å²) in [5.41, 5.74) is 2.29. The molecule has 0 aromatic heterocycles. The first-order valence-electron chi connectivity index (χ1n) is 7.06. The number of allylic oxidation sites excluding steroid dienone is 6. The molecule has 4 nitrogen and oxygen atoms in total. The number of ether oxygens (including phenoxy) is 2. The van der Waals surface area contributed by atoms with Crippen molar-refractivity contribution in [1.82, 2.24) is 0 Å². The summed E-state index contributed by atoms with van der Waals surface area (Å²) in [5.74, 6) is 1.91. The van der Waals surface area contributed by atoms with Crippen molar-refractivity contribution >= 4 is 0 Å². The van der Waals surface area contributed by atoms with Gasteiger partial charge in [-0.3, -0.25) is 0 Å². The minimum absolute atomic E-state index is 0.0203. The van der Waals surface area contributed by atoms with E-state index in [0.29, 0.717) is 13.2 Å². The predicted molar refractivity (Wildman–Crippen MR) is 76.8 cm³/mol. The van der Waals surface area contributed by atoms with Gasteiger partial charge in [0.25, 0.3) is 0 Å². The van der Waals surface area contributed by atoms with Gasteiger partial charge in [-0.1, -0.05) is 19.1 Å². The predicted octanol–water partition coefficient (Wildman–Crippen LogP) is 2.07. The second-order valence-electron chi connectivity index (χ2n) is 4.79. The Bertz CT molecular complexity index is 415. The molecule has 2 N–H and O–H groups in total. The minimum atomic E-state index is 0.0203. The van der Waals surface area contributed by atoms with Crippen LogP contribution in [0.25, 0.3) is 0 Å². The fraction of sp³-hybridized carbons (Fsp3) is 0.500. The maximum absolute atomic E-state index is 8.87. The van der Waals surface area contributed by atoms with E-state index in [1.165, 1.54) is 0 Å². The van der Waals surface area contributed by atoms with Crippen LogP contribution in [-0.4, -0.2) is 36.6 Å². The van der Waals surface area contributed by atoms with Gasteiger partial charge in [0.15, 0.2) is 0 Å². The van der Waals surface area contributed by atoms with Gasteiger partial charge in [-0.2, -0.15) is 0 Å². The third-order valence-corrected chi connectivity index (χ3v) is 3.48. The van der Waals surface area contributed by atoms with E-state index < -0.39 is 0 Å². The van der Waals surface area contributed by atoms with Crippen molar-refractivity contribution in [3.63, 3.8) is 0 Å². The Balaban J connectivity index is 2.02. The fourth-order valence-electron chi connectivity index (χ4n) is 2.57. The molecule has 0 aromatic rings. The molecule has 0 aliphatic heterocycles. The van der Waals surface area contributed by atoms with Gasteiger partial charge in [-0.05, 0) is 36.1 Å². The van der Waals surface area contributed by atoms with Crippen molar-refractivity contribution in [1.29, 1.82) is 0 Å². The lowest BCUT2D eigenvalue weighted by Gasteiger charge is -2.20. The first-order chi connectivity index (χ1) is 9.77. The summed E-state index contributed by atoms with van der Waals surface area (Å²) in [4.78, 5) is 0. The molecule has 110 valence electrons. The molecule has 0 unspecified atom stereocenters. The van der Waals surface area contributed by atoms with Crippen LogP contribution in [0.2, 0.25) is 0 Å². The van der Waals surface area contributed by atoms with Crippen LogP contribution in [0.5, 0.6) is 0 Å². The van der Waals surface area contributed by atoms with Crippen LogP contribution in [0, 0.1) is 5.92 Å². The molecule has 20 heavy (non-hydrogen) atoms. The van der Waals surface area contributed by atoms with Gasteiger partial charge < -0.3 is 19.7 Å². The first kappa shape index (κ1) is 14.9. The molecule has 2 aliphatic carbocycles. The van der Waals surface area contributed by atoms with E-state index in [2.05, 4.69) is 19.1 Å². The molecule has 2 aliphatic rings. The zero-order valence-electron chi connectivity index (χ0n) is 11.8. The van der Waals surface area contributed by atoms with Crippen molar-refractivity contribution in [2.45, 2.75) is 19.8 Å². The number of aliphatic hydroxyl groups is 2. The van der Waals surface area contributed by atoms with E-state index in [9.17, 15) is 0 Å². The van der Waals surface area contributed by atoms with E-state index in [0.717, 1.165) is 35.5 Å². The standard InChI is InChI=1S/C16H22O4/c1-12(13-4-2-6-15(13)19-10-8-17)14-5-3-7-16(14)20-11-9-18/h4-7,12,17-18H,2-3,8-11H2,1H3. The zero-order valence-corrected chi connectivity index (χ0v) is 11.8. The summed E-state index contributed by atoms with van der Waals surface area (Å²) >= 11 is 0. The minimum Gasteiger partial charge on any atom is -0.491 e. The molecular weight excluding hydrogens is 256 g/mol. The van der Waals surface area contributed by atoms with Crippen molar-refractivity contribution in [3.8, 4) is 0 Å². The Morgan fingerprint density at radius 2 is 1.35 bits per heavy atom. The van der Waals surface area contributed by atoms with E-state index in [1.807, 2.05) is 12.2 Å². The van der Waals surface area contributed by atoms with Gasteiger partial charge in [0.05, 0.1) is 13.2 Å².